The summed E-state index contributed by atoms with van der Waals surface area (Å²) in [6, 6.07) is 0. The van der Waals surface area contributed by atoms with E-state index < -0.39 is 24.2 Å². The highest BCUT2D eigenvalue weighted by Gasteiger charge is 2.42. The van der Waals surface area contributed by atoms with Crippen LogP contribution in [0.2, 0.25) is 0 Å². The van der Waals surface area contributed by atoms with Gasteiger partial charge in [-0.05, 0) is 33.0 Å². The molecule has 1 saturated heterocycles. The van der Waals surface area contributed by atoms with Crippen LogP contribution in [-0.2, 0) is 4.79 Å². The number of hydrogen-bond acceptors (Lipinski definition) is 2. The molecular weight excluding hydrogens is 192 g/mol. The van der Waals surface area contributed by atoms with Gasteiger partial charge in [-0.1, -0.05) is 0 Å². The zero-order valence-corrected chi connectivity index (χ0v) is 8.17. The summed E-state index contributed by atoms with van der Waals surface area (Å²) in [5, 5.41) is 8.97. The van der Waals surface area contributed by atoms with Crippen molar-refractivity contribution in [3.05, 3.63) is 0 Å². The van der Waals surface area contributed by atoms with Gasteiger partial charge in [0.25, 0.3) is 0 Å². The smallest absolute Gasteiger partial charge is 0.309 e. The number of hydrogen-bond donors (Lipinski definition) is 1. The van der Waals surface area contributed by atoms with Crippen molar-refractivity contribution < 1.29 is 18.7 Å². The molecule has 82 valence electrons. The van der Waals surface area contributed by atoms with Gasteiger partial charge in [0.15, 0.2) is 0 Å². The third kappa shape index (κ3) is 2.41. The molecule has 5 heteroatoms. The monoisotopic (exact) mass is 207 g/mol. The van der Waals surface area contributed by atoms with Crippen molar-refractivity contribution in [2.75, 3.05) is 20.1 Å². The lowest BCUT2D eigenvalue weighted by Crippen LogP contribution is -2.44. The molecule has 0 aliphatic carbocycles. The first kappa shape index (κ1) is 11.4. The van der Waals surface area contributed by atoms with E-state index in [4.69, 9.17) is 5.11 Å². The highest BCUT2D eigenvalue weighted by atomic mass is 19.3. The van der Waals surface area contributed by atoms with Crippen molar-refractivity contribution in [2.24, 2.45) is 5.41 Å². The van der Waals surface area contributed by atoms with Gasteiger partial charge in [0, 0.05) is 6.42 Å². The number of rotatable bonds is 3. The first-order valence-corrected chi connectivity index (χ1v) is 4.66. The Morgan fingerprint density at radius 2 is 2.00 bits per heavy atom. The zero-order valence-electron chi connectivity index (χ0n) is 8.17. The number of carbonyl (C=O) groups is 1. The van der Waals surface area contributed by atoms with E-state index in [1.54, 1.807) is 0 Å². The van der Waals surface area contributed by atoms with Crippen LogP contribution in [0.15, 0.2) is 0 Å². The van der Waals surface area contributed by atoms with Gasteiger partial charge in [0.2, 0.25) is 6.43 Å². The lowest BCUT2D eigenvalue weighted by Gasteiger charge is -2.37. The molecule has 14 heavy (non-hydrogen) atoms. The molecule has 1 rings (SSSR count). The highest BCUT2D eigenvalue weighted by molar-refractivity contribution is 5.74. The summed E-state index contributed by atoms with van der Waals surface area (Å²) in [5.41, 5.74) is -1.19. The predicted molar refractivity (Wildman–Crippen MR) is 47.4 cm³/mol. The predicted octanol–water partition coefficient (Wildman–Crippen LogP) is 1.44. The fourth-order valence-electron chi connectivity index (χ4n) is 1.85. The summed E-state index contributed by atoms with van der Waals surface area (Å²) in [6.07, 6.45) is -2.41. The highest BCUT2D eigenvalue weighted by Crippen LogP contribution is 2.37. The van der Waals surface area contributed by atoms with Gasteiger partial charge in [-0.25, -0.2) is 8.78 Å². The van der Waals surface area contributed by atoms with Crippen molar-refractivity contribution in [2.45, 2.75) is 25.7 Å². The Morgan fingerprint density at radius 1 is 1.50 bits per heavy atom. The molecule has 1 fully saturated rings. The van der Waals surface area contributed by atoms with Crippen molar-refractivity contribution in [3.8, 4) is 0 Å². The molecule has 0 radical (unpaired) electrons. The van der Waals surface area contributed by atoms with Gasteiger partial charge in [-0.15, -0.1) is 0 Å². The maximum atomic E-state index is 12.2. The van der Waals surface area contributed by atoms with Crippen molar-refractivity contribution in [1.29, 1.82) is 0 Å². The summed E-state index contributed by atoms with van der Waals surface area (Å²) in [4.78, 5) is 12.9. The minimum absolute atomic E-state index is 0.323. The molecule has 0 bridgehead atoms. The molecule has 1 aliphatic rings. The zero-order chi connectivity index (χ0) is 10.8. The molecule has 0 spiro atoms. The third-order valence-corrected chi connectivity index (χ3v) is 2.94. The van der Waals surface area contributed by atoms with Crippen LogP contribution in [0.4, 0.5) is 8.78 Å². The number of likely N-dealkylation sites (tertiary alicyclic amines) is 1. The quantitative estimate of drug-likeness (QED) is 0.761. The van der Waals surface area contributed by atoms with Crippen LogP contribution < -0.4 is 0 Å². The van der Waals surface area contributed by atoms with Crippen LogP contribution in [-0.4, -0.2) is 42.5 Å². The first-order chi connectivity index (χ1) is 6.46. The van der Waals surface area contributed by atoms with E-state index in [0.717, 1.165) is 0 Å². The SMILES string of the molecule is CN1CCC(CC(F)F)(C(=O)O)CC1. The molecule has 0 aromatic heterocycles. The molecule has 3 nitrogen and oxygen atoms in total. The van der Waals surface area contributed by atoms with Crippen LogP contribution in [0.3, 0.4) is 0 Å². The number of alkyl halides is 2. The fourth-order valence-corrected chi connectivity index (χ4v) is 1.85. The Kier molecular flexibility index (Phi) is 3.42. The van der Waals surface area contributed by atoms with E-state index in [1.807, 2.05) is 11.9 Å². The topological polar surface area (TPSA) is 40.5 Å². The van der Waals surface area contributed by atoms with E-state index in [9.17, 15) is 13.6 Å². The van der Waals surface area contributed by atoms with E-state index in [0.29, 0.717) is 25.9 Å². The van der Waals surface area contributed by atoms with Crippen LogP contribution in [0.5, 0.6) is 0 Å². The van der Waals surface area contributed by atoms with Gasteiger partial charge < -0.3 is 10.0 Å². The largest absolute Gasteiger partial charge is 0.481 e. The number of aliphatic carboxylic acids is 1. The van der Waals surface area contributed by atoms with E-state index >= 15 is 0 Å². The van der Waals surface area contributed by atoms with Crippen molar-refractivity contribution in [1.82, 2.24) is 4.90 Å². The van der Waals surface area contributed by atoms with Crippen LogP contribution in [0, 0.1) is 5.41 Å². The lowest BCUT2D eigenvalue weighted by atomic mass is 9.76. The van der Waals surface area contributed by atoms with E-state index in [2.05, 4.69) is 0 Å². The van der Waals surface area contributed by atoms with Crippen molar-refractivity contribution in [3.63, 3.8) is 0 Å². The molecule has 1 heterocycles. The van der Waals surface area contributed by atoms with E-state index in [1.165, 1.54) is 0 Å². The van der Waals surface area contributed by atoms with Gasteiger partial charge >= 0.3 is 5.97 Å². The standard InChI is InChI=1S/C9H15F2NO2/c1-12-4-2-9(3-5-12,8(13)14)6-7(10)11/h7H,2-6H2,1H3,(H,13,14). The summed E-state index contributed by atoms with van der Waals surface area (Å²) < 4.78 is 24.5. The van der Waals surface area contributed by atoms with Gasteiger partial charge in [0.05, 0.1) is 5.41 Å². The second kappa shape index (κ2) is 4.21. The third-order valence-electron chi connectivity index (χ3n) is 2.94. The van der Waals surface area contributed by atoms with Crippen LogP contribution in [0.1, 0.15) is 19.3 Å². The normalized spacial score (nSPS) is 22.6. The molecular formula is C9H15F2NO2. The molecule has 0 aromatic rings. The Balaban J connectivity index is 2.68. The van der Waals surface area contributed by atoms with E-state index in [-0.39, 0.29) is 0 Å². The van der Waals surface area contributed by atoms with Gasteiger partial charge in [0.1, 0.15) is 0 Å². The number of nitrogens with zero attached hydrogens (tertiary/aromatic N) is 1. The molecule has 0 atom stereocenters. The lowest BCUT2D eigenvalue weighted by molar-refractivity contribution is -0.155. The fraction of sp³-hybridized carbons (Fsp3) is 0.889. The summed E-state index contributed by atoms with van der Waals surface area (Å²) in [6.45, 7) is 1.16. The average Bonchev–Trinajstić information content (AvgIpc) is 2.08. The number of carboxylic acids is 1. The Labute approximate surface area is 81.7 Å². The maximum absolute atomic E-state index is 12.2. The van der Waals surface area contributed by atoms with Crippen LogP contribution >= 0.6 is 0 Å². The first-order valence-electron chi connectivity index (χ1n) is 4.66. The van der Waals surface area contributed by atoms with Crippen LogP contribution in [0.25, 0.3) is 0 Å². The molecule has 0 amide bonds. The molecule has 0 unspecified atom stereocenters. The Bertz CT molecular complexity index is 213. The molecule has 0 saturated carbocycles. The Hall–Kier alpha value is -0.710. The molecule has 0 aromatic carbocycles. The van der Waals surface area contributed by atoms with Gasteiger partial charge in [-0.3, -0.25) is 4.79 Å². The minimum Gasteiger partial charge on any atom is -0.481 e. The number of piperidine rings is 1. The van der Waals surface area contributed by atoms with Gasteiger partial charge in [-0.2, -0.15) is 0 Å². The second-order valence-electron chi connectivity index (χ2n) is 3.98. The average molecular weight is 207 g/mol. The molecule has 1 aliphatic heterocycles. The second-order valence-corrected chi connectivity index (χ2v) is 3.98. The Morgan fingerprint density at radius 3 is 2.36 bits per heavy atom. The minimum atomic E-state index is -2.53. The molecule has 1 N–H and O–H groups in total. The number of carboxylic acid groups (broad SMARTS) is 1. The maximum Gasteiger partial charge on any atom is 0.309 e. The number of halogens is 2. The van der Waals surface area contributed by atoms with Crippen molar-refractivity contribution >= 4 is 5.97 Å². The summed E-state index contributed by atoms with van der Waals surface area (Å²) in [5.74, 6) is -1.08. The summed E-state index contributed by atoms with van der Waals surface area (Å²) >= 11 is 0. The summed E-state index contributed by atoms with van der Waals surface area (Å²) in [7, 11) is 1.87.